The zero-order valence-electron chi connectivity index (χ0n) is 18.0. The fourth-order valence-electron chi connectivity index (χ4n) is 3.60. The van der Waals surface area contributed by atoms with Gasteiger partial charge in [0.1, 0.15) is 0 Å². The predicted molar refractivity (Wildman–Crippen MR) is 117 cm³/mol. The van der Waals surface area contributed by atoms with E-state index in [4.69, 9.17) is 14.6 Å². The maximum atomic E-state index is 11.3. The molecule has 1 amide bonds. The molecule has 0 bridgehead atoms. The number of carbonyl (C=O) groups is 1. The van der Waals surface area contributed by atoms with Crippen LogP contribution in [0.4, 0.5) is 10.5 Å². The first-order valence-corrected chi connectivity index (χ1v) is 10.1. The van der Waals surface area contributed by atoms with Gasteiger partial charge in [0, 0.05) is 23.7 Å². The van der Waals surface area contributed by atoms with Crippen molar-refractivity contribution in [2.24, 2.45) is 11.0 Å². The number of rotatable bonds is 7. The summed E-state index contributed by atoms with van der Waals surface area (Å²) < 4.78 is 15.5. The third-order valence-corrected chi connectivity index (χ3v) is 5.29. The fraction of sp³-hybridized carbons (Fsp3) is 0.391. The Morgan fingerprint density at radius 3 is 2.47 bits per heavy atom. The van der Waals surface area contributed by atoms with E-state index in [1.807, 2.05) is 42.5 Å². The van der Waals surface area contributed by atoms with Gasteiger partial charge >= 0.3 is 6.09 Å². The molecule has 1 atom stereocenters. The summed E-state index contributed by atoms with van der Waals surface area (Å²) in [5.74, 6) is 1.83. The minimum absolute atomic E-state index is 0.408. The van der Waals surface area contributed by atoms with Crippen molar-refractivity contribution in [1.29, 1.82) is 0 Å². The molecule has 160 valence electrons. The van der Waals surface area contributed by atoms with Gasteiger partial charge in [-0.1, -0.05) is 19.1 Å². The van der Waals surface area contributed by atoms with Crippen LogP contribution in [0.2, 0.25) is 0 Å². The Kier molecular flexibility index (Phi) is 7.17. The van der Waals surface area contributed by atoms with Crippen LogP contribution < -0.4 is 14.8 Å². The lowest BCUT2D eigenvalue weighted by Gasteiger charge is -2.31. The molecule has 0 saturated heterocycles. The van der Waals surface area contributed by atoms with Gasteiger partial charge in [-0.15, -0.1) is 0 Å². The minimum Gasteiger partial charge on any atom is -0.493 e. The highest BCUT2D eigenvalue weighted by Gasteiger charge is 2.24. The summed E-state index contributed by atoms with van der Waals surface area (Å²) >= 11 is 0. The summed E-state index contributed by atoms with van der Waals surface area (Å²) in [6.45, 7) is 3.80. The van der Waals surface area contributed by atoms with Crippen molar-refractivity contribution >= 4 is 17.5 Å². The van der Waals surface area contributed by atoms with Gasteiger partial charge in [-0.2, -0.15) is 5.10 Å². The fourth-order valence-corrected chi connectivity index (χ4v) is 3.60. The third-order valence-electron chi connectivity index (χ3n) is 5.29. The van der Waals surface area contributed by atoms with E-state index in [0.717, 1.165) is 36.2 Å². The van der Waals surface area contributed by atoms with Crippen LogP contribution in [0.1, 0.15) is 30.9 Å². The molecular weight excluding hydrogens is 382 g/mol. The van der Waals surface area contributed by atoms with E-state index in [1.54, 1.807) is 14.2 Å². The maximum Gasteiger partial charge on any atom is 0.411 e. The van der Waals surface area contributed by atoms with E-state index < -0.39 is 6.09 Å². The van der Waals surface area contributed by atoms with Gasteiger partial charge in [0.05, 0.1) is 33.6 Å². The molecule has 1 unspecified atom stereocenters. The van der Waals surface area contributed by atoms with Crippen LogP contribution in [0.25, 0.3) is 0 Å². The second-order valence-electron chi connectivity index (χ2n) is 7.15. The van der Waals surface area contributed by atoms with Crippen molar-refractivity contribution in [1.82, 2.24) is 5.01 Å². The zero-order valence-corrected chi connectivity index (χ0v) is 18.0. The first-order valence-electron chi connectivity index (χ1n) is 10.1. The molecule has 3 rings (SSSR count). The maximum absolute atomic E-state index is 11.3. The lowest BCUT2D eigenvalue weighted by molar-refractivity contribution is 0.187. The molecule has 2 aromatic carbocycles. The molecular formula is C23H29N3O4. The summed E-state index contributed by atoms with van der Waals surface area (Å²) in [6, 6.07) is 13.7. The SMILES string of the molecule is CCC1CCN(Cc2ccc(NC(=O)OC)cc2)N=C1c1ccc(OC)c(OC)c1. The highest BCUT2D eigenvalue weighted by Crippen LogP contribution is 2.31. The van der Waals surface area contributed by atoms with Crippen molar-refractivity contribution in [3.05, 3.63) is 53.6 Å². The van der Waals surface area contributed by atoms with Gasteiger partial charge in [-0.25, -0.2) is 4.79 Å². The normalized spacial score (nSPS) is 15.9. The van der Waals surface area contributed by atoms with Crippen LogP contribution in [-0.4, -0.2) is 44.7 Å². The van der Waals surface area contributed by atoms with Crippen LogP contribution in [0.5, 0.6) is 11.5 Å². The van der Waals surface area contributed by atoms with Crippen molar-refractivity contribution in [2.45, 2.75) is 26.3 Å². The van der Waals surface area contributed by atoms with Gasteiger partial charge in [0.2, 0.25) is 0 Å². The van der Waals surface area contributed by atoms with Crippen molar-refractivity contribution < 1.29 is 19.0 Å². The molecule has 0 aromatic heterocycles. The number of hydrogen-bond donors (Lipinski definition) is 1. The number of methoxy groups -OCH3 is 3. The number of nitrogens with zero attached hydrogens (tertiary/aromatic N) is 2. The number of benzene rings is 2. The number of ether oxygens (including phenoxy) is 3. The summed E-state index contributed by atoms with van der Waals surface area (Å²) in [6.07, 6.45) is 1.61. The lowest BCUT2D eigenvalue weighted by atomic mass is 9.90. The van der Waals surface area contributed by atoms with Gasteiger partial charge in [-0.05, 0) is 48.7 Å². The Morgan fingerprint density at radius 1 is 1.10 bits per heavy atom. The van der Waals surface area contributed by atoms with E-state index in [2.05, 4.69) is 22.0 Å². The number of carbonyl (C=O) groups excluding carboxylic acids is 1. The second-order valence-corrected chi connectivity index (χ2v) is 7.15. The zero-order chi connectivity index (χ0) is 21.5. The van der Waals surface area contributed by atoms with Crippen molar-refractivity contribution in [2.75, 3.05) is 33.2 Å². The molecule has 1 aliphatic heterocycles. The molecule has 30 heavy (non-hydrogen) atoms. The van der Waals surface area contributed by atoms with Gasteiger partial charge in [0.15, 0.2) is 11.5 Å². The van der Waals surface area contributed by atoms with Crippen LogP contribution in [0.15, 0.2) is 47.6 Å². The summed E-state index contributed by atoms with van der Waals surface area (Å²) in [5, 5.41) is 9.74. The molecule has 7 nitrogen and oxygen atoms in total. The third kappa shape index (κ3) is 5.03. The quantitative estimate of drug-likeness (QED) is 0.725. The molecule has 1 heterocycles. The average Bonchev–Trinajstić information content (AvgIpc) is 2.79. The Morgan fingerprint density at radius 2 is 1.83 bits per heavy atom. The number of hydrazone groups is 1. The van der Waals surface area contributed by atoms with Gasteiger partial charge < -0.3 is 14.2 Å². The van der Waals surface area contributed by atoms with Crippen molar-refractivity contribution in [3.8, 4) is 11.5 Å². The molecule has 0 saturated carbocycles. The van der Waals surface area contributed by atoms with E-state index >= 15 is 0 Å². The van der Waals surface area contributed by atoms with Crippen molar-refractivity contribution in [3.63, 3.8) is 0 Å². The predicted octanol–water partition coefficient (Wildman–Crippen LogP) is 4.52. The Labute approximate surface area is 177 Å². The van der Waals surface area contributed by atoms with E-state index in [-0.39, 0.29) is 0 Å². The standard InChI is InChI=1S/C23H29N3O4/c1-5-17-12-13-26(15-16-6-9-19(10-7-16)24-23(27)30-4)25-22(17)18-8-11-20(28-2)21(14-18)29-3/h6-11,14,17H,5,12-13,15H2,1-4H3,(H,24,27). The smallest absolute Gasteiger partial charge is 0.411 e. The Balaban J connectivity index is 1.79. The van der Waals surface area contributed by atoms with Crippen LogP contribution in [0, 0.1) is 5.92 Å². The van der Waals surface area contributed by atoms with Gasteiger partial charge in [-0.3, -0.25) is 10.3 Å². The van der Waals surface area contributed by atoms with Crippen LogP contribution >= 0.6 is 0 Å². The summed E-state index contributed by atoms with van der Waals surface area (Å²) in [7, 11) is 4.63. The molecule has 0 radical (unpaired) electrons. The molecule has 0 aliphatic carbocycles. The Hall–Kier alpha value is -3.22. The first-order chi connectivity index (χ1) is 14.6. The lowest BCUT2D eigenvalue weighted by Crippen LogP contribution is -2.32. The molecule has 7 heteroatoms. The van der Waals surface area contributed by atoms with E-state index in [9.17, 15) is 4.79 Å². The number of amides is 1. The summed E-state index contributed by atoms with van der Waals surface area (Å²) in [5.41, 5.74) is 3.95. The largest absolute Gasteiger partial charge is 0.493 e. The Bertz CT molecular complexity index is 896. The number of hydrogen-bond acceptors (Lipinski definition) is 6. The minimum atomic E-state index is -0.478. The highest BCUT2D eigenvalue weighted by molar-refractivity contribution is 6.02. The van der Waals surface area contributed by atoms with Crippen LogP contribution in [-0.2, 0) is 11.3 Å². The highest BCUT2D eigenvalue weighted by atomic mass is 16.5. The number of nitrogens with one attached hydrogen (secondary N) is 1. The molecule has 1 N–H and O–H groups in total. The summed E-state index contributed by atoms with van der Waals surface area (Å²) in [4.78, 5) is 11.3. The van der Waals surface area contributed by atoms with Gasteiger partial charge in [0.25, 0.3) is 0 Å². The van der Waals surface area contributed by atoms with Crippen LogP contribution in [0.3, 0.4) is 0 Å². The molecule has 0 fully saturated rings. The van der Waals surface area contributed by atoms with E-state index in [1.165, 1.54) is 7.11 Å². The molecule has 2 aromatic rings. The molecule has 1 aliphatic rings. The second kappa shape index (κ2) is 10.0. The number of anilines is 1. The van der Waals surface area contributed by atoms with E-state index in [0.29, 0.717) is 29.6 Å². The monoisotopic (exact) mass is 411 g/mol. The molecule has 0 spiro atoms. The topological polar surface area (TPSA) is 72.4 Å². The first kappa shape index (κ1) is 21.5. The average molecular weight is 412 g/mol.